The molecule has 2 aromatic carbocycles. The summed E-state index contributed by atoms with van der Waals surface area (Å²) >= 11 is 0. The molecule has 0 radical (unpaired) electrons. The lowest BCUT2D eigenvalue weighted by Crippen LogP contribution is -2.14. The molecule has 3 aromatic rings. The molecule has 3 rings (SSSR count). The minimum Gasteiger partial charge on any atom is -0.494 e. The quantitative estimate of drug-likeness (QED) is 0.267. The molecule has 0 aliphatic rings. The largest absolute Gasteiger partial charge is 0.494 e. The Labute approximate surface area is 215 Å². The number of ether oxygens (including phenoxy) is 4. The summed E-state index contributed by atoms with van der Waals surface area (Å²) in [5, 5.41) is 2.88. The fourth-order valence-electron chi connectivity index (χ4n) is 3.39. The zero-order valence-electron chi connectivity index (χ0n) is 20.9. The highest BCUT2D eigenvalue weighted by Crippen LogP contribution is 2.18. The fourth-order valence-corrected chi connectivity index (χ4v) is 3.39. The molecule has 9 heteroatoms. The number of amides is 1. The molecule has 0 bridgehead atoms. The number of aromatic nitrogens is 1. The van der Waals surface area contributed by atoms with Gasteiger partial charge >= 0.3 is 11.9 Å². The first-order valence-corrected chi connectivity index (χ1v) is 11.9. The second-order valence-electron chi connectivity index (χ2n) is 8.05. The number of carbonyl (C=O) groups excluding carboxylic acids is 3. The van der Waals surface area contributed by atoms with Crippen LogP contribution in [0.4, 0.5) is 5.69 Å². The topological polar surface area (TPSA) is 113 Å². The van der Waals surface area contributed by atoms with Gasteiger partial charge in [0.1, 0.15) is 11.5 Å². The average Bonchev–Trinajstić information content (AvgIpc) is 2.92. The Balaban J connectivity index is 1.35. The summed E-state index contributed by atoms with van der Waals surface area (Å²) < 4.78 is 20.8. The second kappa shape index (κ2) is 14.2. The summed E-state index contributed by atoms with van der Waals surface area (Å²) in [5.74, 6) is -0.356. The Morgan fingerprint density at radius 2 is 1.30 bits per heavy atom. The Bertz CT molecular complexity index is 1150. The van der Waals surface area contributed by atoms with Crippen molar-refractivity contribution in [2.24, 2.45) is 0 Å². The van der Waals surface area contributed by atoms with Crippen LogP contribution in [0.1, 0.15) is 45.8 Å². The number of methoxy groups -OCH3 is 2. The van der Waals surface area contributed by atoms with E-state index in [1.807, 2.05) is 54.6 Å². The number of hydrogen-bond donors (Lipinski definition) is 1. The fraction of sp³-hybridized carbons (Fsp3) is 0.286. The monoisotopic (exact) mass is 506 g/mol. The van der Waals surface area contributed by atoms with Gasteiger partial charge in [-0.1, -0.05) is 30.3 Å². The summed E-state index contributed by atoms with van der Waals surface area (Å²) in [5.41, 5.74) is 1.61. The van der Waals surface area contributed by atoms with E-state index < -0.39 is 11.9 Å². The Morgan fingerprint density at radius 3 is 1.86 bits per heavy atom. The van der Waals surface area contributed by atoms with E-state index in [4.69, 9.17) is 9.47 Å². The molecular weight excluding hydrogens is 476 g/mol. The number of carbonyl (C=O) groups is 3. The van der Waals surface area contributed by atoms with Crippen LogP contribution in [0.2, 0.25) is 0 Å². The lowest BCUT2D eigenvalue weighted by Gasteiger charge is -2.10. The second-order valence-corrected chi connectivity index (χ2v) is 8.05. The number of nitrogens with one attached hydrogen (secondary N) is 1. The molecule has 0 saturated carbocycles. The molecule has 1 N–H and O–H groups in total. The number of pyridine rings is 1. The van der Waals surface area contributed by atoms with Gasteiger partial charge in [0.05, 0.1) is 33.9 Å². The molecule has 0 unspecified atom stereocenters. The SMILES string of the molecule is COC(=O)c1cc(OCCCCCOc2ccc(NC(=O)Cc3ccccc3)cc2)cc(C(=O)OC)n1. The van der Waals surface area contributed by atoms with Crippen molar-refractivity contribution >= 4 is 23.5 Å². The number of esters is 2. The minimum atomic E-state index is -0.671. The third-order valence-corrected chi connectivity index (χ3v) is 5.26. The maximum Gasteiger partial charge on any atom is 0.356 e. The van der Waals surface area contributed by atoms with Gasteiger partial charge < -0.3 is 24.3 Å². The van der Waals surface area contributed by atoms with Crippen molar-refractivity contribution in [3.63, 3.8) is 0 Å². The van der Waals surface area contributed by atoms with Crippen LogP contribution in [0.25, 0.3) is 0 Å². The van der Waals surface area contributed by atoms with Crippen molar-refractivity contribution in [1.29, 1.82) is 0 Å². The Kier molecular flexibility index (Phi) is 10.5. The summed E-state index contributed by atoms with van der Waals surface area (Å²) in [6.07, 6.45) is 2.74. The van der Waals surface area contributed by atoms with Gasteiger partial charge in [0.2, 0.25) is 5.91 Å². The van der Waals surface area contributed by atoms with E-state index in [9.17, 15) is 14.4 Å². The minimum absolute atomic E-state index is 0.0319. The van der Waals surface area contributed by atoms with Gasteiger partial charge in [-0.2, -0.15) is 0 Å². The highest BCUT2D eigenvalue weighted by molar-refractivity contribution is 5.93. The van der Waals surface area contributed by atoms with Gasteiger partial charge in [-0.05, 0) is 49.1 Å². The first kappa shape index (κ1) is 27.2. The Morgan fingerprint density at radius 1 is 0.730 bits per heavy atom. The molecule has 0 aliphatic carbocycles. The van der Waals surface area contributed by atoms with Gasteiger partial charge in [0.25, 0.3) is 0 Å². The molecule has 37 heavy (non-hydrogen) atoms. The number of anilines is 1. The summed E-state index contributed by atoms with van der Waals surface area (Å²) in [4.78, 5) is 39.7. The third-order valence-electron chi connectivity index (χ3n) is 5.26. The van der Waals surface area contributed by atoms with Crippen LogP contribution in [0.5, 0.6) is 11.5 Å². The van der Waals surface area contributed by atoms with E-state index in [-0.39, 0.29) is 17.3 Å². The van der Waals surface area contributed by atoms with Crippen LogP contribution < -0.4 is 14.8 Å². The van der Waals surface area contributed by atoms with Gasteiger partial charge in [-0.25, -0.2) is 14.6 Å². The van der Waals surface area contributed by atoms with Crippen molar-refractivity contribution in [1.82, 2.24) is 4.98 Å². The number of hydrogen-bond acceptors (Lipinski definition) is 8. The molecule has 0 spiro atoms. The van der Waals surface area contributed by atoms with Crippen molar-refractivity contribution in [3.05, 3.63) is 83.7 Å². The number of rotatable bonds is 13. The smallest absolute Gasteiger partial charge is 0.356 e. The maximum absolute atomic E-state index is 12.2. The van der Waals surface area contributed by atoms with Gasteiger partial charge in [0, 0.05) is 17.8 Å². The first-order valence-electron chi connectivity index (χ1n) is 11.9. The van der Waals surface area contributed by atoms with Crippen LogP contribution in [-0.2, 0) is 20.7 Å². The molecular formula is C28H30N2O7. The van der Waals surface area contributed by atoms with Crippen molar-refractivity contribution in [3.8, 4) is 11.5 Å². The van der Waals surface area contributed by atoms with E-state index in [1.165, 1.54) is 26.4 Å². The van der Waals surface area contributed by atoms with E-state index in [0.29, 0.717) is 31.1 Å². The summed E-state index contributed by atoms with van der Waals surface area (Å²) in [6.45, 7) is 0.927. The van der Waals surface area contributed by atoms with Crippen LogP contribution in [-0.4, -0.2) is 50.3 Å². The van der Waals surface area contributed by atoms with Crippen molar-refractivity contribution in [2.45, 2.75) is 25.7 Å². The highest BCUT2D eigenvalue weighted by Gasteiger charge is 2.16. The van der Waals surface area contributed by atoms with Gasteiger partial charge in [-0.15, -0.1) is 0 Å². The van der Waals surface area contributed by atoms with E-state index in [1.54, 1.807) is 0 Å². The molecule has 1 aromatic heterocycles. The van der Waals surface area contributed by atoms with Crippen LogP contribution in [0, 0.1) is 0 Å². The zero-order valence-corrected chi connectivity index (χ0v) is 20.9. The number of nitrogens with zero attached hydrogens (tertiary/aromatic N) is 1. The van der Waals surface area contributed by atoms with Crippen LogP contribution in [0.3, 0.4) is 0 Å². The zero-order chi connectivity index (χ0) is 26.5. The molecule has 0 atom stereocenters. The lowest BCUT2D eigenvalue weighted by molar-refractivity contribution is -0.115. The maximum atomic E-state index is 12.2. The molecule has 9 nitrogen and oxygen atoms in total. The lowest BCUT2D eigenvalue weighted by atomic mass is 10.1. The predicted molar refractivity (Wildman–Crippen MR) is 137 cm³/mol. The van der Waals surface area contributed by atoms with Crippen LogP contribution in [0.15, 0.2) is 66.7 Å². The predicted octanol–water partition coefficient (Wildman–Crippen LogP) is 4.46. The molecule has 0 fully saturated rings. The normalized spacial score (nSPS) is 10.3. The molecule has 0 aliphatic heterocycles. The summed E-state index contributed by atoms with van der Waals surface area (Å²) in [6, 6.07) is 19.7. The molecule has 194 valence electrons. The van der Waals surface area contributed by atoms with Crippen molar-refractivity contribution < 1.29 is 33.3 Å². The first-order chi connectivity index (χ1) is 18.0. The highest BCUT2D eigenvalue weighted by atomic mass is 16.5. The van der Waals surface area contributed by atoms with Crippen LogP contribution >= 0.6 is 0 Å². The average molecular weight is 507 g/mol. The summed E-state index contributed by atoms with van der Waals surface area (Å²) in [7, 11) is 2.47. The third kappa shape index (κ3) is 8.96. The van der Waals surface area contributed by atoms with E-state index >= 15 is 0 Å². The number of unbranched alkanes of at least 4 members (excludes halogenated alkanes) is 2. The van der Waals surface area contributed by atoms with Gasteiger partial charge in [0.15, 0.2) is 11.4 Å². The molecule has 1 heterocycles. The van der Waals surface area contributed by atoms with E-state index in [2.05, 4.69) is 19.8 Å². The standard InChI is InChI=1S/C28H30N2O7/c1-34-27(32)24-18-23(19-25(30-24)28(33)35-2)37-16-8-4-7-15-36-22-13-11-21(12-14-22)29-26(31)17-20-9-5-3-6-10-20/h3,5-6,9-14,18-19H,4,7-8,15-17H2,1-2H3,(H,29,31). The Hall–Kier alpha value is -4.40. The molecule has 0 saturated heterocycles. The number of benzene rings is 2. The van der Waals surface area contributed by atoms with Gasteiger partial charge in [-0.3, -0.25) is 4.79 Å². The van der Waals surface area contributed by atoms with Crippen molar-refractivity contribution in [2.75, 3.05) is 32.8 Å². The van der Waals surface area contributed by atoms with E-state index in [0.717, 1.165) is 30.6 Å². The molecule has 1 amide bonds.